The van der Waals surface area contributed by atoms with Gasteiger partial charge in [0.15, 0.2) is 6.10 Å². The Kier molecular flexibility index (Phi) is 4.30. The highest BCUT2D eigenvalue weighted by Crippen LogP contribution is 2.38. The number of benzene rings is 1. The summed E-state index contributed by atoms with van der Waals surface area (Å²) in [5, 5.41) is 19.6. The highest BCUT2D eigenvalue weighted by molar-refractivity contribution is 9.10. The van der Waals surface area contributed by atoms with Crippen LogP contribution >= 0.6 is 27.5 Å². The molecule has 0 saturated heterocycles. The van der Waals surface area contributed by atoms with E-state index >= 15 is 0 Å². The van der Waals surface area contributed by atoms with E-state index in [4.69, 9.17) is 21.4 Å². The lowest BCUT2D eigenvalue weighted by Gasteiger charge is -2.12. The first-order chi connectivity index (χ1) is 7.82. The first-order valence-electron chi connectivity index (χ1n) is 4.36. The third-order valence-corrected chi connectivity index (χ3v) is 2.64. The van der Waals surface area contributed by atoms with Crippen LogP contribution in [0.15, 0.2) is 16.6 Å². The van der Waals surface area contributed by atoms with E-state index in [0.717, 1.165) is 6.07 Å². The van der Waals surface area contributed by atoms with Gasteiger partial charge < -0.3 is 9.84 Å². The molecule has 0 aliphatic heterocycles. The maximum absolute atomic E-state index is 10.8. The molecule has 1 rings (SSSR count). The molecule has 92 valence electrons. The number of hydrogen-bond acceptors (Lipinski definition) is 4. The Morgan fingerprint density at radius 3 is 2.71 bits per heavy atom. The molecule has 0 unspecified atom stereocenters. The molecule has 0 radical (unpaired) electrons. The fourth-order valence-corrected chi connectivity index (χ4v) is 1.91. The predicted molar refractivity (Wildman–Crippen MR) is 63.5 cm³/mol. The molecule has 0 bridgehead atoms. The fourth-order valence-electron chi connectivity index (χ4n) is 1.03. The maximum atomic E-state index is 10.8. The summed E-state index contributed by atoms with van der Waals surface area (Å²) in [5.41, 5.74) is -0.391. The van der Waals surface area contributed by atoms with E-state index in [9.17, 15) is 14.9 Å². The average molecular weight is 325 g/mol. The zero-order chi connectivity index (χ0) is 13.2. The van der Waals surface area contributed by atoms with Crippen molar-refractivity contribution in [3.63, 3.8) is 0 Å². The zero-order valence-corrected chi connectivity index (χ0v) is 10.9. The first kappa shape index (κ1) is 13.7. The fraction of sp³-hybridized carbons (Fsp3) is 0.222. The number of nitrogens with zero attached hydrogens (tertiary/aromatic N) is 1. The number of carboxylic acid groups (broad SMARTS) is 1. The normalized spacial score (nSPS) is 11.9. The van der Waals surface area contributed by atoms with E-state index in [-0.39, 0.29) is 15.2 Å². The number of halogens is 2. The Morgan fingerprint density at radius 2 is 2.24 bits per heavy atom. The van der Waals surface area contributed by atoms with E-state index in [2.05, 4.69) is 15.9 Å². The van der Waals surface area contributed by atoms with Gasteiger partial charge in [0.1, 0.15) is 0 Å². The second-order valence-electron chi connectivity index (χ2n) is 3.09. The van der Waals surface area contributed by atoms with E-state index < -0.39 is 22.7 Å². The van der Waals surface area contributed by atoms with Crippen LogP contribution in [-0.4, -0.2) is 22.1 Å². The standard InChI is InChI=1S/C9H7BrClNO5/c1-4(9(13)14)17-8-6(10)2-5(11)3-7(8)12(15)16/h2-4H,1H3,(H,13,14)/t4-/m1/s1. The molecule has 0 saturated carbocycles. The van der Waals surface area contributed by atoms with Crippen molar-refractivity contribution in [2.75, 3.05) is 0 Å². The van der Waals surface area contributed by atoms with Gasteiger partial charge in [-0.1, -0.05) is 11.6 Å². The number of carboxylic acids is 1. The summed E-state index contributed by atoms with van der Waals surface area (Å²) in [6.07, 6.45) is -1.20. The molecule has 0 aliphatic rings. The monoisotopic (exact) mass is 323 g/mol. The second kappa shape index (κ2) is 5.33. The molecule has 0 fully saturated rings. The second-order valence-corrected chi connectivity index (χ2v) is 4.38. The van der Waals surface area contributed by atoms with Crippen LogP contribution in [0.25, 0.3) is 0 Å². The Morgan fingerprint density at radius 1 is 1.65 bits per heavy atom. The maximum Gasteiger partial charge on any atom is 0.344 e. The Balaban J connectivity index is 3.21. The average Bonchev–Trinajstić information content (AvgIpc) is 2.20. The quantitative estimate of drug-likeness (QED) is 0.679. The molecule has 0 spiro atoms. The molecule has 17 heavy (non-hydrogen) atoms. The zero-order valence-electron chi connectivity index (χ0n) is 8.52. The lowest BCUT2D eigenvalue weighted by Crippen LogP contribution is -2.23. The molecule has 1 N–H and O–H groups in total. The number of nitro benzene ring substituents is 1. The molecule has 0 amide bonds. The van der Waals surface area contributed by atoms with Crippen molar-refractivity contribution in [2.45, 2.75) is 13.0 Å². The van der Waals surface area contributed by atoms with E-state index in [0.29, 0.717) is 0 Å². The van der Waals surface area contributed by atoms with E-state index in [1.54, 1.807) is 0 Å². The molecular weight excluding hydrogens is 317 g/mol. The molecule has 0 aromatic heterocycles. The minimum atomic E-state index is -1.22. The van der Waals surface area contributed by atoms with Gasteiger partial charge in [-0.05, 0) is 28.9 Å². The largest absolute Gasteiger partial charge is 0.479 e. The molecule has 0 aliphatic carbocycles. The van der Waals surface area contributed by atoms with Crippen LogP contribution < -0.4 is 4.74 Å². The highest BCUT2D eigenvalue weighted by Gasteiger charge is 2.24. The van der Waals surface area contributed by atoms with Crippen molar-refractivity contribution >= 4 is 39.2 Å². The lowest BCUT2D eigenvalue weighted by atomic mass is 10.3. The van der Waals surface area contributed by atoms with Gasteiger partial charge in [-0.15, -0.1) is 0 Å². The molecule has 1 aromatic carbocycles. The topological polar surface area (TPSA) is 89.7 Å². The molecule has 1 aromatic rings. The smallest absolute Gasteiger partial charge is 0.344 e. The van der Waals surface area contributed by atoms with Gasteiger partial charge in [0.2, 0.25) is 5.75 Å². The third-order valence-electron chi connectivity index (χ3n) is 1.83. The summed E-state index contributed by atoms with van der Waals surface area (Å²) in [6, 6.07) is 2.48. The van der Waals surface area contributed by atoms with Gasteiger partial charge in [-0.3, -0.25) is 10.1 Å². The number of aliphatic carboxylic acids is 1. The first-order valence-corrected chi connectivity index (χ1v) is 5.53. The van der Waals surface area contributed by atoms with Crippen molar-refractivity contribution in [3.8, 4) is 5.75 Å². The van der Waals surface area contributed by atoms with Gasteiger partial charge in [0, 0.05) is 11.1 Å². The number of ether oxygens (including phenoxy) is 1. The van der Waals surface area contributed by atoms with Crippen LogP contribution in [0.5, 0.6) is 5.75 Å². The summed E-state index contributed by atoms with van der Waals surface area (Å²) >= 11 is 8.70. The number of carbonyl (C=O) groups is 1. The lowest BCUT2D eigenvalue weighted by molar-refractivity contribution is -0.386. The summed E-state index contributed by atoms with van der Waals surface area (Å²) in [5.74, 6) is -1.38. The van der Waals surface area contributed by atoms with Crippen molar-refractivity contribution in [2.24, 2.45) is 0 Å². The molecule has 8 heteroatoms. The van der Waals surface area contributed by atoms with Gasteiger partial charge >= 0.3 is 11.7 Å². The van der Waals surface area contributed by atoms with Crippen molar-refractivity contribution in [1.82, 2.24) is 0 Å². The van der Waals surface area contributed by atoms with Gasteiger partial charge in [0.05, 0.1) is 9.40 Å². The molecular formula is C9H7BrClNO5. The SMILES string of the molecule is C[C@@H](Oc1c(Br)cc(Cl)cc1[N+](=O)[O-])C(=O)O. The summed E-state index contributed by atoms with van der Waals surface area (Å²) in [4.78, 5) is 20.7. The van der Waals surface area contributed by atoms with E-state index in [1.807, 2.05) is 0 Å². The summed E-state index contributed by atoms with van der Waals surface area (Å²) < 4.78 is 5.23. The van der Waals surface area contributed by atoms with Crippen LogP contribution in [0.1, 0.15) is 6.92 Å². The highest BCUT2D eigenvalue weighted by atomic mass is 79.9. The Bertz CT molecular complexity index is 479. The Labute approximate surface area is 109 Å². The minimum Gasteiger partial charge on any atom is -0.479 e. The number of rotatable bonds is 4. The van der Waals surface area contributed by atoms with Crippen LogP contribution in [0.2, 0.25) is 5.02 Å². The van der Waals surface area contributed by atoms with Crippen molar-refractivity contribution in [3.05, 3.63) is 31.7 Å². The van der Waals surface area contributed by atoms with Crippen LogP contribution in [0, 0.1) is 10.1 Å². The minimum absolute atomic E-state index is 0.152. The summed E-state index contributed by atoms with van der Waals surface area (Å²) in [7, 11) is 0. The number of hydrogen-bond donors (Lipinski definition) is 1. The van der Waals surface area contributed by atoms with Crippen LogP contribution in [0.3, 0.4) is 0 Å². The summed E-state index contributed by atoms with van der Waals surface area (Å²) in [6.45, 7) is 1.27. The molecule has 0 heterocycles. The molecule has 6 nitrogen and oxygen atoms in total. The van der Waals surface area contributed by atoms with Gasteiger partial charge in [0.25, 0.3) is 0 Å². The van der Waals surface area contributed by atoms with E-state index in [1.165, 1.54) is 13.0 Å². The number of nitro groups is 1. The van der Waals surface area contributed by atoms with Crippen molar-refractivity contribution < 1.29 is 19.6 Å². The molecule has 1 atom stereocenters. The third kappa shape index (κ3) is 3.31. The van der Waals surface area contributed by atoms with Crippen molar-refractivity contribution in [1.29, 1.82) is 0 Å². The predicted octanol–water partition coefficient (Wildman–Crippen LogP) is 2.86. The Hall–Kier alpha value is -1.34. The van der Waals surface area contributed by atoms with Crippen LogP contribution in [0.4, 0.5) is 5.69 Å². The van der Waals surface area contributed by atoms with Gasteiger partial charge in [-0.2, -0.15) is 0 Å². The van der Waals surface area contributed by atoms with Crippen LogP contribution in [-0.2, 0) is 4.79 Å². The van der Waals surface area contributed by atoms with Gasteiger partial charge in [-0.25, -0.2) is 4.79 Å².